The van der Waals surface area contributed by atoms with Crippen LogP contribution in [0.15, 0.2) is 35.7 Å². The molecule has 1 aromatic carbocycles. The highest BCUT2D eigenvalue weighted by atomic mass is 32.1. The number of nitrogens with zero attached hydrogens (tertiary/aromatic N) is 1. The molecule has 0 fully saturated rings. The maximum Gasteiger partial charge on any atom is 0.0781 e. The van der Waals surface area contributed by atoms with Gasteiger partial charge in [0, 0.05) is 29.2 Å². The maximum absolute atomic E-state index is 9.87. The summed E-state index contributed by atoms with van der Waals surface area (Å²) in [7, 11) is 0. The van der Waals surface area contributed by atoms with Gasteiger partial charge >= 0.3 is 0 Å². The van der Waals surface area contributed by atoms with Crippen molar-refractivity contribution in [2.45, 2.75) is 26.0 Å². The molecule has 2 heterocycles. The van der Waals surface area contributed by atoms with Crippen LogP contribution in [0.5, 0.6) is 0 Å². The maximum atomic E-state index is 9.87. The molecule has 0 saturated heterocycles. The lowest BCUT2D eigenvalue weighted by atomic mass is 10.0. The number of anilines is 1. The Labute approximate surface area is 112 Å². The van der Waals surface area contributed by atoms with Crippen LogP contribution in [0.3, 0.4) is 0 Å². The molecule has 2 aromatic rings. The smallest absolute Gasteiger partial charge is 0.0781 e. The zero-order chi connectivity index (χ0) is 12.5. The van der Waals surface area contributed by atoms with Gasteiger partial charge in [-0.2, -0.15) is 0 Å². The van der Waals surface area contributed by atoms with Crippen LogP contribution in [0.4, 0.5) is 5.69 Å². The zero-order valence-corrected chi connectivity index (χ0v) is 11.3. The molecule has 0 amide bonds. The van der Waals surface area contributed by atoms with Crippen molar-refractivity contribution in [1.82, 2.24) is 0 Å². The van der Waals surface area contributed by atoms with Crippen molar-refractivity contribution in [2.75, 3.05) is 11.4 Å². The van der Waals surface area contributed by atoms with Gasteiger partial charge in [0.05, 0.1) is 6.10 Å². The molecule has 0 spiro atoms. The van der Waals surface area contributed by atoms with Crippen LogP contribution in [-0.2, 0) is 13.0 Å². The van der Waals surface area contributed by atoms with Gasteiger partial charge in [-0.1, -0.05) is 18.2 Å². The Bertz CT molecular complexity index is 547. The van der Waals surface area contributed by atoms with Gasteiger partial charge in [-0.15, -0.1) is 11.3 Å². The average molecular weight is 259 g/mol. The lowest BCUT2D eigenvalue weighted by Crippen LogP contribution is -2.30. The van der Waals surface area contributed by atoms with Crippen molar-refractivity contribution in [3.05, 3.63) is 51.7 Å². The Balaban J connectivity index is 1.93. The summed E-state index contributed by atoms with van der Waals surface area (Å²) in [5, 5.41) is 12.0. The highest BCUT2D eigenvalue weighted by Crippen LogP contribution is 2.32. The van der Waals surface area contributed by atoms with Crippen LogP contribution in [-0.4, -0.2) is 11.7 Å². The minimum absolute atomic E-state index is 0.412. The van der Waals surface area contributed by atoms with E-state index in [9.17, 15) is 5.11 Å². The minimum atomic E-state index is -0.412. The lowest BCUT2D eigenvalue weighted by Gasteiger charge is -2.31. The molecule has 1 atom stereocenters. The molecule has 94 valence electrons. The largest absolute Gasteiger partial charge is 0.389 e. The third-order valence-corrected chi connectivity index (χ3v) is 4.56. The van der Waals surface area contributed by atoms with Crippen molar-refractivity contribution in [3.8, 4) is 0 Å². The van der Waals surface area contributed by atoms with E-state index in [0.717, 1.165) is 25.1 Å². The number of hydrogen-bond donors (Lipinski definition) is 1. The molecular formula is C15H17NOS. The second-order valence-corrected chi connectivity index (χ2v) is 5.78. The van der Waals surface area contributed by atoms with Gasteiger partial charge in [0.15, 0.2) is 0 Å². The Morgan fingerprint density at radius 2 is 2.11 bits per heavy atom. The second kappa shape index (κ2) is 4.75. The summed E-state index contributed by atoms with van der Waals surface area (Å²) in [6.45, 7) is 3.83. The third kappa shape index (κ3) is 2.04. The second-order valence-electron chi connectivity index (χ2n) is 4.78. The van der Waals surface area contributed by atoms with E-state index in [0.29, 0.717) is 0 Å². The lowest BCUT2D eigenvalue weighted by molar-refractivity contribution is 0.199. The highest BCUT2D eigenvalue weighted by molar-refractivity contribution is 7.10. The summed E-state index contributed by atoms with van der Waals surface area (Å²) in [6.07, 6.45) is 0.700. The first-order chi connectivity index (χ1) is 8.75. The van der Waals surface area contributed by atoms with E-state index >= 15 is 0 Å². The summed E-state index contributed by atoms with van der Waals surface area (Å²) in [6, 6.07) is 10.4. The summed E-state index contributed by atoms with van der Waals surface area (Å²) in [4.78, 5) is 3.89. The van der Waals surface area contributed by atoms with Gasteiger partial charge in [0.1, 0.15) is 0 Å². The number of hydrogen-bond acceptors (Lipinski definition) is 3. The fourth-order valence-electron chi connectivity index (χ4n) is 2.58. The Kier molecular flexibility index (Phi) is 3.10. The monoisotopic (exact) mass is 259 g/mol. The van der Waals surface area contributed by atoms with Crippen molar-refractivity contribution in [2.24, 2.45) is 0 Å². The first-order valence-corrected chi connectivity index (χ1v) is 7.21. The third-order valence-electron chi connectivity index (χ3n) is 3.54. The number of fused-ring (bicyclic) bond motifs is 1. The van der Waals surface area contributed by atoms with Crippen LogP contribution in [0.1, 0.15) is 29.0 Å². The molecule has 18 heavy (non-hydrogen) atoms. The fourth-order valence-corrected chi connectivity index (χ4v) is 3.47. The zero-order valence-electron chi connectivity index (χ0n) is 10.5. The Morgan fingerprint density at radius 1 is 1.28 bits per heavy atom. The standard InChI is InChI=1S/C15H17NOS/c1-11(17)13-4-2-3-5-14(13)16-8-6-15-12(10-16)7-9-18-15/h2-5,7,9,11,17H,6,8,10H2,1H3/t11-/m1/s1. The average Bonchev–Trinajstić information content (AvgIpc) is 2.85. The minimum Gasteiger partial charge on any atom is -0.389 e. The fraction of sp³-hybridized carbons (Fsp3) is 0.333. The van der Waals surface area contributed by atoms with Crippen LogP contribution < -0.4 is 4.90 Å². The van der Waals surface area contributed by atoms with E-state index in [-0.39, 0.29) is 0 Å². The summed E-state index contributed by atoms with van der Waals surface area (Å²) in [5.41, 5.74) is 3.63. The molecule has 3 rings (SSSR count). The first-order valence-electron chi connectivity index (χ1n) is 6.33. The molecule has 1 aliphatic heterocycles. The highest BCUT2D eigenvalue weighted by Gasteiger charge is 2.20. The van der Waals surface area contributed by atoms with Crippen molar-refractivity contribution in [3.63, 3.8) is 0 Å². The molecule has 1 aliphatic rings. The molecule has 0 saturated carbocycles. The van der Waals surface area contributed by atoms with Crippen molar-refractivity contribution in [1.29, 1.82) is 0 Å². The van der Waals surface area contributed by atoms with Crippen molar-refractivity contribution >= 4 is 17.0 Å². The van der Waals surface area contributed by atoms with Gasteiger partial charge < -0.3 is 10.0 Å². The molecule has 1 N–H and O–H groups in total. The number of aliphatic hydroxyl groups is 1. The predicted octanol–water partition coefficient (Wildman–Crippen LogP) is 3.36. The van der Waals surface area contributed by atoms with E-state index in [1.807, 2.05) is 36.5 Å². The molecule has 0 radical (unpaired) electrons. The summed E-state index contributed by atoms with van der Waals surface area (Å²) >= 11 is 1.86. The normalized spacial score (nSPS) is 16.4. The Morgan fingerprint density at radius 3 is 2.94 bits per heavy atom. The number of para-hydroxylation sites is 1. The van der Waals surface area contributed by atoms with Gasteiger partial charge in [-0.05, 0) is 36.4 Å². The topological polar surface area (TPSA) is 23.5 Å². The number of aliphatic hydroxyl groups excluding tert-OH is 1. The van der Waals surface area contributed by atoms with Crippen LogP contribution in [0, 0.1) is 0 Å². The summed E-state index contributed by atoms with van der Waals surface area (Å²) < 4.78 is 0. The van der Waals surface area contributed by atoms with Gasteiger partial charge in [0.2, 0.25) is 0 Å². The molecule has 0 aliphatic carbocycles. The molecule has 3 heteroatoms. The predicted molar refractivity (Wildman–Crippen MR) is 76.1 cm³/mol. The van der Waals surface area contributed by atoms with E-state index in [4.69, 9.17) is 0 Å². The summed E-state index contributed by atoms with van der Waals surface area (Å²) in [5.74, 6) is 0. The Hall–Kier alpha value is -1.32. The van der Waals surface area contributed by atoms with Crippen LogP contribution >= 0.6 is 11.3 Å². The number of benzene rings is 1. The van der Waals surface area contributed by atoms with Crippen LogP contribution in [0.25, 0.3) is 0 Å². The van der Waals surface area contributed by atoms with Gasteiger partial charge in [-0.3, -0.25) is 0 Å². The molecule has 0 unspecified atom stereocenters. The van der Waals surface area contributed by atoms with Crippen LogP contribution in [0.2, 0.25) is 0 Å². The van der Waals surface area contributed by atoms with Gasteiger partial charge in [0.25, 0.3) is 0 Å². The molecule has 0 bridgehead atoms. The quantitative estimate of drug-likeness (QED) is 0.894. The number of rotatable bonds is 2. The van der Waals surface area contributed by atoms with E-state index in [2.05, 4.69) is 22.4 Å². The van der Waals surface area contributed by atoms with E-state index < -0.39 is 6.10 Å². The first kappa shape index (κ1) is 11.8. The van der Waals surface area contributed by atoms with Gasteiger partial charge in [-0.25, -0.2) is 0 Å². The number of thiophene rings is 1. The van der Waals surface area contributed by atoms with E-state index in [1.54, 1.807) is 0 Å². The molecule has 2 nitrogen and oxygen atoms in total. The van der Waals surface area contributed by atoms with E-state index in [1.165, 1.54) is 16.1 Å². The SMILES string of the molecule is C[C@@H](O)c1ccccc1N1CCc2sccc2C1. The molecule has 1 aromatic heterocycles. The molecular weight excluding hydrogens is 242 g/mol. The van der Waals surface area contributed by atoms with Crippen molar-refractivity contribution < 1.29 is 5.11 Å².